The number of rotatable bonds is 6. The Kier molecular flexibility index (Phi) is 6.03. The van der Waals surface area contributed by atoms with Gasteiger partial charge in [0.2, 0.25) is 0 Å². The van der Waals surface area contributed by atoms with Crippen molar-refractivity contribution in [2.24, 2.45) is 0 Å². The van der Waals surface area contributed by atoms with E-state index in [1.54, 1.807) is 18.6 Å². The Hall–Kier alpha value is -4.50. The first-order valence-corrected chi connectivity index (χ1v) is 10.9. The van der Waals surface area contributed by atoms with E-state index in [0.29, 0.717) is 0 Å². The Balaban J connectivity index is 1.39. The number of nitrogens with zero attached hydrogens (tertiary/aromatic N) is 3. The summed E-state index contributed by atoms with van der Waals surface area (Å²) in [5.74, 6) is 0. The molecule has 0 saturated heterocycles. The van der Waals surface area contributed by atoms with Gasteiger partial charge < -0.3 is 4.90 Å². The molecule has 0 saturated carbocycles. The van der Waals surface area contributed by atoms with Crippen LogP contribution in [-0.4, -0.2) is 9.97 Å². The van der Waals surface area contributed by atoms with Crippen LogP contribution >= 0.6 is 0 Å². The molecule has 3 heteroatoms. The van der Waals surface area contributed by atoms with E-state index in [4.69, 9.17) is 0 Å². The van der Waals surface area contributed by atoms with Crippen LogP contribution in [-0.2, 0) is 0 Å². The Morgan fingerprint density at radius 1 is 0.515 bits per heavy atom. The molecule has 0 amide bonds. The van der Waals surface area contributed by atoms with Gasteiger partial charge in [-0.15, -0.1) is 0 Å². The predicted molar refractivity (Wildman–Crippen MR) is 138 cm³/mol. The van der Waals surface area contributed by atoms with Gasteiger partial charge in [0.05, 0.1) is 11.9 Å². The monoisotopic (exact) mass is 425 g/mol. The lowest BCUT2D eigenvalue weighted by atomic mass is 10.0. The average molecular weight is 426 g/mol. The molecule has 3 nitrogen and oxygen atoms in total. The van der Waals surface area contributed by atoms with Crippen LogP contribution in [0.4, 0.5) is 17.1 Å². The summed E-state index contributed by atoms with van der Waals surface area (Å²) in [5.41, 5.74) is 7.73. The number of hydrogen-bond donors (Lipinski definition) is 0. The van der Waals surface area contributed by atoms with Gasteiger partial charge in [-0.2, -0.15) is 0 Å². The summed E-state index contributed by atoms with van der Waals surface area (Å²) in [6.07, 6.45) is 9.15. The summed E-state index contributed by atoms with van der Waals surface area (Å²) in [6.45, 7) is 0. The molecule has 0 spiro atoms. The lowest BCUT2D eigenvalue weighted by Crippen LogP contribution is -2.09. The van der Waals surface area contributed by atoms with Gasteiger partial charge in [-0.05, 0) is 59.2 Å². The smallest absolute Gasteiger partial charge is 0.0813 e. The molecule has 0 aliphatic heterocycles. The Morgan fingerprint density at radius 3 is 1.61 bits per heavy atom. The maximum absolute atomic E-state index is 4.27. The van der Waals surface area contributed by atoms with Crippen molar-refractivity contribution < 1.29 is 0 Å². The molecule has 5 aromatic rings. The molecule has 0 atom stereocenters. The maximum Gasteiger partial charge on any atom is 0.0813 e. The highest BCUT2D eigenvalue weighted by atomic mass is 15.1. The quantitative estimate of drug-likeness (QED) is 0.278. The largest absolute Gasteiger partial charge is 0.311 e. The molecule has 0 unspecified atom stereocenters. The summed E-state index contributed by atoms with van der Waals surface area (Å²) in [5, 5.41) is 0. The number of hydrogen-bond acceptors (Lipinski definition) is 3. The average Bonchev–Trinajstić information content (AvgIpc) is 2.90. The predicted octanol–water partition coefficient (Wildman–Crippen LogP) is 7.78. The molecule has 5 rings (SSSR count). The molecule has 0 radical (unpaired) electrons. The molecule has 0 fully saturated rings. The van der Waals surface area contributed by atoms with Gasteiger partial charge in [0.1, 0.15) is 0 Å². The van der Waals surface area contributed by atoms with Crippen molar-refractivity contribution in [3.63, 3.8) is 0 Å². The van der Waals surface area contributed by atoms with Crippen molar-refractivity contribution in [3.05, 3.63) is 139 Å². The third-order valence-corrected chi connectivity index (χ3v) is 5.43. The first-order chi connectivity index (χ1) is 16.4. The fraction of sp³-hybridized carbons (Fsp3) is 0. The SMILES string of the molecule is C(=C\c1cnccn1)/c1ccc(-c2ccc(N(c3ccccc3)c3ccccc3)cc2)cc1. The number of para-hydroxylation sites is 2. The van der Waals surface area contributed by atoms with E-state index in [-0.39, 0.29) is 0 Å². The highest BCUT2D eigenvalue weighted by molar-refractivity contribution is 5.78. The van der Waals surface area contributed by atoms with Crippen LogP contribution in [0.5, 0.6) is 0 Å². The standard InChI is InChI=1S/C30H23N3/c1-3-7-28(8-4-1)33(29-9-5-2-6-10-29)30-19-16-26(17-20-30)25-14-11-24(12-15-25)13-18-27-23-31-21-22-32-27/h1-23H/b18-13+. The third-order valence-electron chi connectivity index (χ3n) is 5.43. The molecule has 33 heavy (non-hydrogen) atoms. The minimum absolute atomic E-state index is 0.846. The fourth-order valence-corrected chi connectivity index (χ4v) is 3.77. The summed E-state index contributed by atoms with van der Waals surface area (Å²) in [4.78, 5) is 10.6. The van der Waals surface area contributed by atoms with Gasteiger partial charge in [0.15, 0.2) is 0 Å². The zero-order chi connectivity index (χ0) is 22.3. The maximum atomic E-state index is 4.27. The van der Waals surface area contributed by atoms with Crippen molar-refractivity contribution in [3.8, 4) is 11.1 Å². The van der Waals surface area contributed by atoms with E-state index in [1.807, 2.05) is 18.2 Å². The molecule has 158 valence electrons. The van der Waals surface area contributed by atoms with Crippen molar-refractivity contribution in [2.45, 2.75) is 0 Å². The van der Waals surface area contributed by atoms with Gasteiger partial charge in [-0.3, -0.25) is 9.97 Å². The second-order valence-electron chi connectivity index (χ2n) is 7.64. The lowest BCUT2D eigenvalue weighted by Gasteiger charge is -2.25. The van der Waals surface area contributed by atoms with E-state index in [2.05, 4.69) is 118 Å². The van der Waals surface area contributed by atoms with Gasteiger partial charge in [-0.25, -0.2) is 0 Å². The lowest BCUT2D eigenvalue weighted by molar-refractivity contribution is 1.18. The molecular formula is C30H23N3. The summed E-state index contributed by atoms with van der Waals surface area (Å²) < 4.78 is 0. The van der Waals surface area contributed by atoms with Crippen molar-refractivity contribution >= 4 is 29.2 Å². The molecule has 0 aliphatic rings. The molecule has 0 aliphatic carbocycles. The highest BCUT2D eigenvalue weighted by Gasteiger charge is 2.11. The van der Waals surface area contributed by atoms with Gasteiger partial charge in [0.25, 0.3) is 0 Å². The van der Waals surface area contributed by atoms with Gasteiger partial charge in [0, 0.05) is 29.5 Å². The molecule has 0 bridgehead atoms. The van der Waals surface area contributed by atoms with E-state index >= 15 is 0 Å². The van der Waals surface area contributed by atoms with Crippen LogP contribution in [0, 0.1) is 0 Å². The highest BCUT2D eigenvalue weighted by Crippen LogP contribution is 2.35. The normalized spacial score (nSPS) is 10.9. The second kappa shape index (κ2) is 9.75. The van der Waals surface area contributed by atoms with Crippen molar-refractivity contribution in [2.75, 3.05) is 4.90 Å². The Labute approximate surface area is 194 Å². The van der Waals surface area contributed by atoms with Crippen molar-refractivity contribution in [1.82, 2.24) is 9.97 Å². The second-order valence-corrected chi connectivity index (χ2v) is 7.64. The zero-order valence-electron chi connectivity index (χ0n) is 18.1. The van der Waals surface area contributed by atoms with E-state index < -0.39 is 0 Å². The Morgan fingerprint density at radius 2 is 1.06 bits per heavy atom. The van der Waals surface area contributed by atoms with Crippen LogP contribution in [0.1, 0.15) is 11.3 Å². The molecule has 1 heterocycles. The number of benzene rings is 4. The number of aromatic nitrogens is 2. The first kappa shape index (κ1) is 20.4. The van der Waals surface area contributed by atoms with Crippen LogP contribution in [0.25, 0.3) is 23.3 Å². The van der Waals surface area contributed by atoms with Crippen LogP contribution in [0.3, 0.4) is 0 Å². The van der Waals surface area contributed by atoms with Crippen LogP contribution < -0.4 is 4.90 Å². The summed E-state index contributed by atoms with van der Waals surface area (Å²) in [6, 6.07) is 38.2. The van der Waals surface area contributed by atoms with E-state index in [9.17, 15) is 0 Å². The minimum atomic E-state index is 0.846. The minimum Gasteiger partial charge on any atom is -0.311 e. The number of anilines is 3. The van der Waals surface area contributed by atoms with Crippen LogP contribution in [0.2, 0.25) is 0 Å². The van der Waals surface area contributed by atoms with Crippen LogP contribution in [0.15, 0.2) is 128 Å². The summed E-state index contributed by atoms with van der Waals surface area (Å²) >= 11 is 0. The molecule has 1 aromatic heterocycles. The van der Waals surface area contributed by atoms with Gasteiger partial charge >= 0.3 is 0 Å². The topological polar surface area (TPSA) is 29.0 Å². The molecule has 4 aromatic carbocycles. The van der Waals surface area contributed by atoms with E-state index in [1.165, 1.54) is 11.1 Å². The van der Waals surface area contributed by atoms with Crippen molar-refractivity contribution in [1.29, 1.82) is 0 Å². The van der Waals surface area contributed by atoms with Gasteiger partial charge in [-0.1, -0.05) is 78.9 Å². The molecule has 0 N–H and O–H groups in total. The third kappa shape index (κ3) is 4.89. The molecular weight excluding hydrogens is 402 g/mol. The summed E-state index contributed by atoms with van der Waals surface area (Å²) in [7, 11) is 0. The zero-order valence-corrected chi connectivity index (χ0v) is 18.1. The van der Waals surface area contributed by atoms with E-state index in [0.717, 1.165) is 28.3 Å². The Bertz CT molecular complexity index is 1270. The fourth-order valence-electron chi connectivity index (χ4n) is 3.77. The first-order valence-electron chi connectivity index (χ1n) is 10.9.